The van der Waals surface area contributed by atoms with E-state index in [9.17, 15) is 4.79 Å². The molecule has 0 amide bonds. The lowest BCUT2D eigenvalue weighted by atomic mass is 10.2. The second kappa shape index (κ2) is 5.01. The number of pyridine rings is 1. The molecule has 0 saturated carbocycles. The van der Waals surface area contributed by atoms with E-state index >= 15 is 0 Å². The Bertz CT molecular complexity index is 330. The minimum atomic E-state index is -0.373. The van der Waals surface area contributed by atoms with E-state index in [0.29, 0.717) is 0 Å². The molecule has 4 heteroatoms. The summed E-state index contributed by atoms with van der Waals surface area (Å²) >= 11 is 0. The lowest BCUT2D eigenvalue weighted by Crippen LogP contribution is -1.94. The van der Waals surface area contributed by atoms with Gasteiger partial charge in [0, 0.05) is 19.3 Å². The summed E-state index contributed by atoms with van der Waals surface area (Å²) in [6.45, 7) is 0. The summed E-state index contributed by atoms with van der Waals surface area (Å²) in [4.78, 5) is 14.9. The van der Waals surface area contributed by atoms with Crippen LogP contribution in [0.5, 0.6) is 0 Å². The van der Waals surface area contributed by atoms with Crippen LogP contribution < -0.4 is 5.32 Å². The zero-order valence-electron chi connectivity index (χ0n) is 8.15. The van der Waals surface area contributed by atoms with Crippen molar-refractivity contribution in [1.29, 1.82) is 0 Å². The third-order valence-corrected chi connectivity index (χ3v) is 1.66. The molecule has 4 nitrogen and oxygen atoms in total. The van der Waals surface area contributed by atoms with Crippen LogP contribution in [-0.4, -0.2) is 25.1 Å². The third kappa shape index (κ3) is 2.90. The number of hydrogen-bond donors (Lipinski definition) is 1. The van der Waals surface area contributed by atoms with Gasteiger partial charge < -0.3 is 10.1 Å². The van der Waals surface area contributed by atoms with Crippen LogP contribution in [0.2, 0.25) is 0 Å². The van der Waals surface area contributed by atoms with E-state index < -0.39 is 0 Å². The number of nitrogens with one attached hydrogen (secondary N) is 1. The summed E-state index contributed by atoms with van der Waals surface area (Å²) in [5.41, 5.74) is 0.856. The minimum Gasteiger partial charge on any atom is -0.466 e. The number of rotatable bonds is 3. The van der Waals surface area contributed by atoms with Crippen LogP contribution in [0, 0.1) is 0 Å². The van der Waals surface area contributed by atoms with Crippen molar-refractivity contribution in [3.63, 3.8) is 0 Å². The number of esters is 1. The van der Waals surface area contributed by atoms with Crippen LogP contribution in [0.3, 0.4) is 0 Å². The normalized spacial score (nSPS) is 10.1. The fraction of sp³-hybridized carbons (Fsp3) is 0.200. The van der Waals surface area contributed by atoms with E-state index in [1.807, 2.05) is 12.1 Å². The third-order valence-electron chi connectivity index (χ3n) is 1.66. The maximum Gasteiger partial charge on any atom is 0.330 e. The zero-order valence-corrected chi connectivity index (χ0v) is 8.15. The van der Waals surface area contributed by atoms with Gasteiger partial charge in [-0.15, -0.1) is 0 Å². The second-order valence-electron chi connectivity index (χ2n) is 2.58. The van der Waals surface area contributed by atoms with Crippen molar-refractivity contribution >= 4 is 17.9 Å². The van der Waals surface area contributed by atoms with Gasteiger partial charge in [0.2, 0.25) is 0 Å². The van der Waals surface area contributed by atoms with E-state index in [1.54, 1.807) is 19.3 Å². The van der Waals surface area contributed by atoms with Crippen LogP contribution in [0.1, 0.15) is 5.56 Å². The van der Waals surface area contributed by atoms with E-state index in [2.05, 4.69) is 15.0 Å². The first-order valence-electron chi connectivity index (χ1n) is 4.16. The van der Waals surface area contributed by atoms with Gasteiger partial charge in [0.25, 0.3) is 0 Å². The van der Waals surface area contributed by atoms with Gasteiger partial charge in [-0.3, -0.25) is 0 Å². The summed E-state index contributed by atoms with van der Waals surface area (Å²) < 4.78 is 4.46. The molecular weight excluding hydrogens is 180 g/mol. The summed E-state index contributed by atoms with van der Waals surface area (Å²) in [6.07, 6.45) is 4.68. The number of methoxy groups -OCH3 is 1. The highest BCUT2D eigenvalue weighted by Crippen LogP contribution is 2.05. The molecule has 1 aromatic rings. The first-order valence-corrected chi connectivity index (χ1v) is 4.16. The SMILES string of the molecule is CNc1ccc(C=CC(=O)OC)cn1. The van der Waals surface area contributed by atoms with E-state index in [-0.39, 0.29) is 5.97 Å². The number of carbonyl (C=O) groups excluding carboxylic acids is 1. The molecule has 0 bridgehead atoms. The fourth-order valence-corrected chi connectivity index (χ4v) is 0.884. The topological polar surface area (TPSA) is 51.2 Å². The van der Waals surface area contributed by atoms with Gasteiger partial charge in [-0.1, -0.05) is 0 Å². The van der Waals surface area contributed by atoms with Gasteiger partial charge in [0.1, 0.15) is 5.82 Å². The van der Waals surface area contributed by atoms with Gasteiger partial charge in [-0.25, -0.2) is 9.78 Å². The van der Waals surface area contributed by atoms with Gasteiger partial charge in [0.15, 0.2) is 0 Å². The van der Waals surface area contributed by atoms with Crippen LogP contribution >= 0.6 is 0 Å². The molecule has 1 N–H and O–H groups in total. The number of carbonyl (C=O) groups is 1. The number of nitrogens with zero attached hydrogens (tertiary/aromatic N) is 1. The van der Waals surface area contributed by atoms with Crippen molar-refractivity contribution < 1.29 is 9.53 Å². The molecule has 1 aromatic heterocycles. The molecule has 0 aromatic carbocycles. The van der Waals surface area contributed by atoms with Gasteiger partial charge >= 0.3 is 5.97 Å². The van der Waals surface area contributed by atoms with Crippen LogP contribution in [-0.2, 0) is 9.53 Å². The predicted octanol–water partition coefficient (Wildman–Crippen LogP) is 1.31. The molecule has 0 radical (unpaired) electrons. The first-order chi connectivity index (χ1) is 6.76. The molecule has 0 unspecified atom stereocenters. The molecule has 1 rings (SSSR count). The second-order valence-corrected chi connectivity index (χ2v) is 2.58. The van der Waals surface area contributed by atoms with E-state index in [1.165, 1.54) is 13.2 Å². The summed E-state index contributed by atoms with van der Waals surface area (Å²) in [6, 6.07) is 3.69. The average Bonchev–Trinajstić information content (AvgIpc) is 2.26. The number of anilines is 1. The van der Waals surface area contributed by atoms with Crippen molar-refractivity contribution in [3.05, 3.63) is 30.0 Å². The van der Waals surface area contributed by atoms with Crippen LogP contribution in [0.4, 0.5) is 5.82 Å². The van der Waals surface area contributed by atoms with Crippen molar-refractivity contribution in [2.75, 3.05) is 19.5 Å². The monoisotopic (exact) mass is 192 g/mol. The molecule has 74 valence electrons. The van der Waals surface area contributed by atoms with Gasteiger partial charge in [0.05, 0.1) is 7.11 Å². The summed E-state index contributed by atoms with van der Waals surface area (Å²) in [5, 5.41) is 2.90. The highest BCUT2D eigenvalue weighted by atomic mass is 16.5. The van der Waals surface area contributed by atoms with E-state index in [0.717, 1.165) is 11.4 Å². The zero-order chi connectivity index (χ0) is 10.4. The lowest BCUT2D eigenvalue weighted by molar-refractivity contribution is -0.134. The Hall–Kier alpha value is -1.84. The minimum absolute atomic E-state index is 0.373. The lowest BCUT2D eigenvalue weighted by Gasteiger charge is -1.97. The molecule has 0 aliphatic heterocycles. The summed E-state index contributed by atoms with van der Waals surface area (Å²) in [5.74, 6) is 0.419. The molecule has 0 atom stereocenters. The maximum atomic E-state index is 10.8. The molecule has 0 fully saturated rings. The standard InChI is InChI=1S/C10H12N2O2/c1-11-9-5-3-8(7-12-9)4-6-10(13)14-2/h3-7H,1-2H3,(H,11,12). The Morgan fingerprint density at radius 1 is 1.57 bits per heavy atom. The molecule has 0 saturated heterocycles. The Morgan fingerprint density at radius 2 is 2.36 bits per heavy atom. The number of ether oxygens (including phenoxy) is 1. The van der Waals surface area contributed by atoms with Crippen molar-refractivity contribution in [2.24, 2.45) is 0 Å². The smallest absolute Gasteiger partial charge is 0.330 e. The fourth-order valence-electron chi connectivity index (χ4n) is 0.884. The molecule has 0 aliphatic carbocycles. The Balaban J connectivity index is 2.68. The molecular formula is C10H12N2O2. The highest BCUT2D eigenvalue weighted by molar-refractivity contribution is 5.86. The van der Waals surface area contributed by atoms with Crippen LogP contribution in [0.25, 0.3) is 6.08 Å². The molecule has 1 heterocycles. The molecule has 14 heavy (non-hydrogen) atoms. The Labute approximate surface area is 82.6 Å². The molecule has 0 spiro atoms. The quantitative estimate of drug-likeness (QED) is 0.579. The summed E-state index contributed by atoms with van der Waals surface area (Å²) in [7, 11) is 3.14. The van der Waals surface area contributed by atoms with Crippen molar-refractivity contribution in [2.45, 2.75) is 0 Å². The highest BCUT2D eigenvalue weighted by Gasteiger charge is 1.93. The van der Waals surface area contributed by atoms with Crippen LogP contribution in [0.15, 0.2) is 24.4 Å². The Kier molecular flexibility index (Phi) is 3.67. The Morgan fingerprint density at radius 3 is 2.86 bits per heavy atom. The maximum absolute atomic E-state index is 10.8. The van der Waals surface area contributed by atoms with E-state index in [4.69, 9.17) is 0 Å². The van der Waals surface area contributed by atoms with Gasteiger partial charge in [-0.2, -0.15) is 0 Å². The van der Waals surface area contributed by atoms with Crippen molar-refractivity contribution in [3.8, 4) is 0 Å². The predicted molar refractivity (Wildman–Crippen MR) is 54.8 cm³/mol. The first kappa shape index (κ1) is 10.2. The number of hydrogen-bond acceptors (Lipinski definition) is 4. The molecule has 0 aliphatic rings. The van der Waals surface area contributed by atoms with Crippen molar-refractivity contribution in [1.82, 2.24) is 4.98 Å². The average molecular weight is 192 g/mol. The largest absolute Gasteiger partial charge is 0.466 e. The number of aromatic nitrogens is 1. The van der Waals surface area contributed by atoms with Gasteiger partial charge in [-0.05, 0) is 23.8 Å².